The fourth-order valence-electron chi connectivity index (χ4n) is 2.39. The van der Waals surface area contributed by atoms with Gasteiger partial charge in [-0.1, -0.05) is 30.3 Å². The van der Waals surface area contributed by atoms with Gasteiger partial charge in [0.1, 0.15) is 5.69 Å². The molecule has 3 aromatic rings. The zero-order valence-corrected chi connectivity index (χ0v) is 13.6. The van der Waals surface area contributed by atoms with Crippen LogP contribution in [0.5, 0.6) is 0 Å². The second kappa shape index (κ2) is 6.95. The number of H-pyrrole nitrogens is 1. The molecule has 0 aliphatic heterocycles. The van der Waals surface area contributed by atoms with Crippen LogP contribution in [0.4, 0.5) is 5.95 Å². The maximum absolute atomic E-state index is 12.3. The molecule has 6 heteroatoms. The summed E-state index contributed by atoms with van der Waals surface area (Å²) in [4.78, 5) is 23.9. The van der Waals surface area contributed by atoms with Gasteiger partial charge in [0.25, 0.3) is 5.91 Å². The first-order chi connectivity index (χ1) is 11.7. The molecule has 122 valence electrons. The van der Waals surface area contributed by atoms with Crippen molar-refractivity contribution in [1.82, 2.24) is 20.3 Å². The molecule has 3 N–H and O–H groups in total. The molecule has 0 saturated carbocycles. The van der Waals surface area contributed by atoms with Crippen LogP contribution in [0.2, 0.25) is 0 Å². The number of benzene rings is 1. The van der Waals surface area contributed by atoms with E-state index in [0.717, 1.165) is 22.4 Å². The normalized spacial score (nSPS) is 10.4. The number of anilines is 1. The van der Waals surface area contributed by atoms with E-state index in [-0.39, 0.29) is 5.91 Å². The summed E-state index contributed by atoms with van der Waals surface area (Å²) in [6, 6.07) is 11.6. The number of nitrogens with zero attached hydrogens (tertiary/aromatic N) is 2. The summed E-state index contributed by atoms with van der Waals surface area (Å²) in [5, 5.41) is 5.82. The second-order valence-electron chi connectivity index (χ2n) is 5.45. The van der Waals surface area contributed by atoms with E-state index in [1.165, 1.54) is 0 Å². The molecule has 0 radical (unpaired) electrons. The topological polar surface area (TPSA) is 82.7 Å². The van der Waals surface area contributed by atoms with Crippen molar-refractivity contribution in [3.8, 4) is 11.3 Å². The Kier molecular flexibility index (Phi) is 4.56. The molecular formula is C18H19N5O. The SMILES string of the molecule is CNc1ncc(C)c(-c2c[nH]c(C(=O)NCc3ccccc3)c2)n1. The van der Waals surface area contributed by atoms with Gasteiger partial charge in [-0.3, -0.25) is 4.79 Å². The molecular weight excluding hydrogens is 302 g/mol. The van der Waals surface area contributed by atoms with E-state index in [2.05, 4.69) is 25.6 Å². The largest absolute Gasteiger partial charge is 0.357 e. The standard InChI is InChI=1S/C18H19N5O/c1-12-9-22-18(19-2)23-16(12)14-8-15(20-11-14)17(24)21-10-13-6-4-3-5-7-13/h3-9,11,20H,10H2,1-2H3,(H,21,24)(H,19,22,23). The van der Waals surface area contributed by atoms with Crippen LogP contribution in [0.15, 0.2) is 48.8 Å². The number of aryl methyl sites for hydroxylation is 1. The highest BCUT2D eigenvalue weighted by Crippen LogP contribution is 2.22. The summed E-state index contributed by atoms with van der Waals surface area (Å²) < 4.78 is 0. The third-order valence-electron chi connectivity index (χ3n) is 3.69. The molecule has 0 aliphatic rings. The lowest BCUT2D eigenvalue weighted by atomic mass is 10.1. The number of carbonyl (C=O) groups excluding carboxylic acids is 1. The van der Waals surface area contributed by atoms with Crippen LogP contribution in [-0.2, 0) is 6.54 Å². The molecule has 0 aliphatic carbocycles. The molecule has 0 fully saturated rings. The summed E-state index contributed by atoms with van der Waals surface area (Å²) in [5.74, 6) is 0.400. The Bertz CT molecular complexity index is 842. The van der Waals surface area contributed by atoms with Gasteiger partial charge in [-0.05, 0) is 24.1 Å². The van der Waals surface area contributed by atoms with Crippen molar-refractivity contribution in [3.63, 3.8) is 0 Å². The van der Waals surface area contributed by atoms with Gasteiger partial charge in [0.15, 0.2) is 0 Å². The Morgan fingerprint density at radius 3 is 2.79 bits per heavy atom. The van der Waals surface area contributed by atoms with Crippen LogP contribution in [0.25, 0.3) is 11.3 Å². The first kappa shape index (κ1) is 15.7. The van der Waals surface area contributed by atoms with Crippen molar-refractivity contribution in [2.75, 3.05) is 12.4 Å². The Morgan fingerprint density at radius 2 is 2.04 bits per heavy atom. The first-order valence-electron chi connectivity index (χ1n) is 7.69. The first-order valence-corrected chi connectivity index (χ1v) is 7.69. The van der Waals surface area contributed by atoms with Gasteiger partial charge in [0.05, 0.1) is 5.69 Å². The summed E-state index contributed by atoms with van der Waals surface area (Å²) in [7, 11) is 1.77. The van der Waals surface area contributed by atoms with Gasteiger partial charge in [-0.25, -0.2) is 9.97 Å². The molecule has 2 aromatic heterocycles. The maximum atomic E-state index is 12.3. The molecule has 0 spiro atoms. The second-order valence-corrected chi connectivity index (χ2v) is 5.45. The number of amides is 1. The van der Waals surface area contributed by atoms with Crippen molar-refractivity contribution in [2.45, 2.75) is 13.5 Å². The van der Waals surface area contributed by atoms with Crippen LogP contribution < -0.4 is 10.6 Å². The zero-order chi connectivity index (χ0) is 16.9. The number of hydrogen-bond donors (Lipinski definition) is 3. The van der Waals surface area contributed by atoms with Crippen LogP contribution in [0.1, 0.15) is 21.6 Å². The number of rotatable bonds is 5. The minimum atomic E-state index is -0.148. The van der Waals surface area contributed by atoms with Crippen LogP contribution in [0.3, 0.4) is 0 Å². The highest BCUT2D eigenvalue weighted by atomic mass is 16.1. The summed E-state index contributed by atoms with van der Waals surface area (Å²) in [6.07, 6.45) is 3.54. The van der Waals surface area contributed by atoms with Crippen molar-refractivity contribution >= 4 is 11.9 Å². The molecule has 0 bridgehead atoms. The molecule has 24 heavy (non-hydrogen) atoms. The lowest BCUT2D eigenvalue weighted by Crippen LogP contribution is -2.22. The smallest absolute Gasteiger partial charge is 0.267 e. The fraction of sp³-hybridized carbons (Fsp3) is 0.167. The highest BCUT2D eigenvalue weighted by molar-refractivity contribution is 5.93. The van der Waals surface area contributed by atoms with Crippen molar-refractivity contribution in [3.05, 3.63) is 65.6 Å². The average molecular weight is 321 g/mol. The molecule has 2 heterocycles. The number of carbonyl (C=O) groups is 1. The van der Waals surface area contributed by atoms with E-state index in [0.29, 0.717) is 18.2 Å². The molecule has 0 saturated heterocycles. The Balaban J connectivity index is 1.74. The van der Waals surface area contributed by atoms with Crippen LogP contribution in [0, 0.1) is 6.92 Å². The minimum absolute atomic E-state index is 0.148. The van der Waals surface area contributed by atoms with Crippen molar-refractivity contribution < 1.29 is 4.79 Å². The van der Waals surface area contributed by atoms with E-state index in [4.69, 9.17) is 0 Å². The monoisotopic (exact) mass is 321 g/mol. The summed E-state index contributed by atoms with van der Waals surface area (Å²) in [5.41, 5.74) is 4.17. The third kappa shape index (κ3) is 3.43. The van der Waals surface area contributed by atoms with Gasteiger partial charge in [-0.2, -0.15) is 0 Å². The van der Waals surface area contributed by atoms with Gasteiger partial charge in [0, 0.05) is 31.5 Å². The van der Waals surface area contributed by atoms with Crippen LogP contribution in [-0.4, -0.2) is 27.9 Å². The number of nitrogens with one attached hydrogen (secondary N) is 3. The molecule has 1 amide bonds. The number of aromatic amines is 1. The van der Waals surface area contributed by atoms with E-state index in [1.807, 2.05) is 37.3 Å². The lowest BCUT2D eigenvalue weighted by Gasteiger charge is -2.05. The Morgan fingerprint density at radius 1 is 1.25 bits per heavy atom. The van der Waals surface area contributed by atoms with E-state index < -0.39 is 0 Å². The summed E-state index contributed by atoms with van der Waals surface area (Å²) in [6.45, 7) is 2.43. The van der Waals surface area contributed by atoms with E-state index in [9.17, 15) is 4.79 Å². The van der Waals surface area contributed by atoms with Gasteiger partial charge >= 0.3 is 0 Å². The van der Waals surface area contributed by atoms with Crippen LogP contribution >= 0.6 is 0 Å². The fourth-order valence-corrected chi connectivity index (χ4v) is 2.39. The van der Waals surface area contributed by atoms with E-state index in [1.54, 1.807) is 25.5 Å². The van der Waals surface area contributed by atoms with E-state index >= 15 is 0 Å². The highest BCUT2D eigenvalue weighted by Gasteiger charge is 2.12. The maximum Gasteiger partial charge on any atom is 0.267 e. The van der Waals surface area contributed by atoms with Crippen molar-refractivity contribution in [1.29, 1.82) is 0 Å². The molecule has 3 rings (SSSR count). The van der Waals surface area contributed by atoms with Gasteiger partial charge in [0.2, 0.25) is 5.95 Å². The van der Waals surface area contributed by atoms with Gasteiger partial charge < -0.3 is 15.6 Å². The quantitative estimate of drug-likeness (QED) is 0.675. The zero-order valence-electron chi connectivity index (χ0n) is 13.6. The summed E-state index contributed by atoms with van der Waals surface area (Å²) >= 11 is 0. The molecule has 1 aromatic carbocycles. The molecule has 0 unspecified atom stereocenters. The third-order valence-corrected chi connectivity index (χ3v) is 3.69. The predicted molar refractivity (Wildman–Crippen MR) is 93.7 cm³/mol. The Labute approximate surface area is 140 Å². The predicted octanol–water partition coefficient (Wildman–Crippen LogP) is 2.75. The van der Waals surface area contributed by atoms with Crippen molar-refractivity contribution in [2.24, 2.45) is 0 Å². The number of aromatic nitrogens is 3. The van der Waals surface area contributed by atoms with Gasteiger partial charge in [-0.15, -0.1) is 0 Å². The average Bonchev–Trinajstić information content (AvgIpc) is 3.11. The lowest BCUT2D eigenvalue weighted by molar-refractivity contribution is 0.0946. The Hall–Kier alpha value is -3.15. The molecule has 6 nitrogen and oxygen atoms in total. The molecule has 0 atom stereocenters. The minimum Gasteiger partial charge on any atom is -0.357 e. The number of hydrogen-bond acceptors (Lipinski definition) is 4.